The van der Waals surface area contributed by atoms with E-state index in [1.54, 1.807) is 19.1 Å². The molecule has 5 heteroatoms. The van der Waals surface area contributed by atoms with Crippen LogP contribution in [0.5, 0.6) is 0 Å². The fourth-order valence-electron chi connectivity index (χ4n) is 1.27. The van der Waals surface area contributed by atoms with Crippen molar-refractivity contribution in [1.82, 2.24) is 0 Å². The lowest BCUT2D eigenvalue weighted by Gasteiger charge is -2.09. The van der Waals surface area contributed by atoms with Crippen LogP contribution >= 0.6 is 23.4 Å². The maximum atomic E-state index is 13.1. The maximum Gasteiger partial charge on any atom is 0.309 e. The molecular formula is C12H14ClFO2S. The second kappa shape index (κ2) is 6.87. The van der Waals surface area contributed by atoms with Gasteiger partial charge in [0.05, 0.1) is 18.1 Å². The molecule has 0 bridgehead atoms. The van der Waals surface area contributed by atoms with Crippen LogP contribution in [-0.2, 0) is 15.3 Å². The lowest BCUT2D eigenvalue weighted by Crippen LogP contribution is -2.14. The zero-order valence-electron chi connectivity index (χ0n) is 9.70. The van der Waals surface area contributed by atoms with E-state index in [2.05, 4.69) is 4.74 Å². The van der Waals surface area contributed by atoms with Crippen molar-refractivity contribution in [3.8, 4) is 0 Å². The number of rotatable bonds is 5. The third-order valence-electron chi connectivity index (χ3n) is 2.26. The highest BCUT2D eigenvalue weighted by atomic mass is 35.5. The molecule has 1 rings (SSSR count). The molecule has 94 valence electrons. The zero-order chi connectivity index (χ0) is 12.8. The average Bonchev–Trinajstić information content (AvgIpc) is 2.33. The van der Waals surface area contributed by atoms with Crippen molar-refractivity contribution in [3.05, 3.63) is 34.6 Å². The van der Waals surface area contributed by atoms with Gasteiger partial charge in [-0.25, -0.2) is 4.39 Å². The predicted molar refractivity (Wildman–Crippen MR) is 68.8 cm³/mol. The number of halogens is 2. The molecule has 0 saturated carbocycles. The minimum absolute atomic E-state index is 0.158. The predicted octanol–water partition coefficient (Wildman–Crippen LogP) is 3.52. The Hall–Kier alpha value is -0.740. The summed E-state index contributed by atoms with van der Waals surface area (Å²) in [5, 5.41) is 0.158. The van der Waals surface area contributed by atoms with E-state index >= 15 is 0 Å². The molecule has 0 spiro atoms. The fourth-order valence-corrected chi connectivity index (χ4v) is 2.61. The van der Waals surface area contributed by atoms with Crippen LogP contribution in [0.25, 0.3) is 0 Å². The highest BCUT2D eigenvalue weighted by Crippen LogP contribution is 2.24. The quantitative estimate of drug-likeness (QED) is 0.770. The minimum Gasteiger partial charge on any atom is -0.469 e. The average molecular weight is 277 g/mol. The summed E-state index contributed by atoms with van der Waals surface area (Å²) < 4.78 is 17.8. The van der Waals surface area contributed by atoms with E-state index in [4.69, 9.17) is 11.6 Å². The SMILES string of the molecule is COC(=O)C(C)CSCc1cccc(F)c1Cl. The van der Waals surface area contributed by atoms with Crippen molar-refractivity contribution < 1.29 is 13.9 Å². The van der Waals surface area contributed by atoms with Crippen LogP contribution in [0.3, 0.4) is 0 Å². The number of thioether (sulfide) groups is 1. The summed E-state index contributed by atoms with van der Waals surface area (Å²) in [5.41, 5.74) is 0.744. The third-order valence-corrected chi connectivity index (χ3v) is 3.93. The highest BCUT2D eigenvalue weighted by Gasteiger charge is 2.13. The second-order valence-corrected chi connectivity index (χ2v) is 5.06. The van der Waals surface area contributed by atoms with Crippen molar-refractivity contribution in [2.45, 2.75) is 12.7 Å². The Morgan fingerprint density at radius 3 is 2.94 bits per heavy atom. The first-order valence-electron chi connectivity index (χ1n) is 5.14. The Balaban J connectivity index is 2.46. The van der Waals surface area contributed by atoms with E-state index in [0.29, 0.717) is 11.5 Å². The summed E-state index contributed by atoms with van der Waals surface area (Å²) in [6.07, 6.45) is 0. The Kier molecular flexibility index (Phi) is 5.78. The van der Waals surface area contributed by atoms with Crippen LogP contribution in [0.4, 0.5) is 4.39 Å². The van der Waals surface area contributed by atoms with Crippen LogP contribution in [0, 0.1) is 11.7 Å². The van der Waals surface area contributed by atoms with E-state index in [0.717, 1.165) is 5.56 Å². The van der Waals surface area contributed by atoms with Gasteiger partial charge in [-0.3, -0.25) is 4.79 Å². The number of carbonyl (C=O) groups excluding carboxylic acids is 1. The fraction of sp³-hybridized carbons (Fsp3) is 0.417. The van der Waals surface area contributed by atoms with Gasteiger partial charge in [-0.1, -0.05) is 30.7 Å². The highest BCUT2D eigenvalue weighted by molar-refractivity contribution is 7.98. The molecule has 0 radical (unpaired) electrons. The topological polar surface area (TPSA) is 26.3 Å². The van der Waals surface area contributed by atoms with Crippen LogP contribution in [0.15, 0.2) is 18.2 Å². The molecule has 0 aliphatic rings. The second-order valence-electron chi connectivity index (χ2n) is 3.65. The van der Waals surface area contributed by atoms with Gasteiger partial charge >= 0.3 is 5.97 Å². The Labute approximate surface area is 109 Å². The van der Waals surface area contributed by atoms with Gasteiger partial charge in [-0.15, -0.1) is 0 Å². The van der Waals surface area contributed by atoms with E-state index in [1.165, 1.54) is 24.9 Å². The number of hydrogen-bond donors (Lipinski definition) is 0. The van der Waals surface area contributed by atoms with Gasteiger partial charge < -0.3 is 4.74 Å². The van der Waals surface area contributed by atoms with Gasteiger partial charge in [-0.2, -0.15) is 11.8 Å². The van der Waals surface area contributed by atoms with Crippen LogP contribution in [0.1, 0.15) is 12.5 Å². The van der Waals surface area contributed by atoms with Gasteiger partial charge in [0.2, 0.25) is 0 Å². The third kappa shape index (κ3) is 4.21. The molecule has 1 aromatic carbocycles. The first-order valence-corrected chi connectivity index (χ1v) is 6.68. The van der Waals surface area contributed by atoms with Crippen molar-refractivity contribution in [2.75, 3.05) is 12.9 Å². The molecule has 0 aromatic heterocycles. The molecule has 1 atom stereocenters. The van der Waals surface area contributed by atoms with Crippen LogP contribution < -0.4 is 0 Å². The zero-order valence-corrected chi connectivity index (χ0v) is 11.3. The molecule has 0 fully saturated rings. The van der Waals surface area contributed by atoms with Crippen molar-refractivity contribution in [1.29, 1.82) is 0 Å². The molecule has 0 aliphatic carbocycles. The molecule has 1 unspecified atom stereocenters. The molecule has 0 saturated heterocycles. The van der Waals surface area contributed by atoms with Gasteiger partial charge in [0.15, 0.2) is 0 Å². The van der Waals surface area contributed by atoms with Crippen molar-refractivity contribution >= 4 is 29.3 Å². The molecule has 0 N–H and O–H groups in total. The summed E-state index contributed by atoms with van der Waals surface area (Å²) in [6, 6.07) is 4.73. The summed E-state index contributed by atoms with van der Waals surface area (Å²) in [4.78, 5) is 11.2. The summed E-state index contributed by atoms with van der Waals surface area (Å²) >= 11 is 7.35. The number of benzene rings is 1. The summed E-state index contributed by atoms with van der Waals surface area (Å²) in [7, 11) is 1.37. The molecule has 17 heavy (non-hydrogen) atoms. The van der Waals surface area contributed by atoms with Gasteiger partial charge in [0, 0.05) is 11.5 Å². The van der Waals surface area contributed by atoms with Gasteiger partial charge in [0.25, 0.3) is 0 Å². The first-order chi connectivity index (χ1) is 8.06. The Morgan fingerprint density at radius 2 is 2.29 bits per heavy atom. The minimum atomic E-state index is -0.411. The van der Waals surface area contributed by atoms with E-state index in [1.807, 2.05) is 0 Å². The number of esters is 1. The first kappa shape index (κ1) is 14.3. The Morgan fingerprint density at radius 1 is 1.59 bits per heavy atom. The number of methoxy groups -OCH3 is 1. The molecule has 1 aromatic rings. The van der Waals surface area contributed by atoms with Crippen LogP contribution in [0.2, 0.25) is 5.02 Å². The van der Waals surface area contributed by atoms with Gasteiger partial charge in [0.1, 0.15) is 5.82 Å². The molecule has 0 amide bonds. The van der Waals surface area contributed by atoms with Crippen molar-refractivity contribution in [2.24, 2.45) is 5.92 Å². The normalized spacial score (nSPS) is 12.2. The van der Waals surface area contributed by atoms with Crippen LogP contribution in [-0.4, -0.2) is 18.8 Å². The standard InChI is InChI=1S/C12H14ClFO2S/c1-8(12(15)16-2)6-17-7-9-4-3-5-10(14)11(9)13/h3-5,8H,6-7H2,1-2H3. The maximum absolute atomic E-state index is 13.1. The number of ether oxygens (including phenoxy) is 1. The molecule has 0 heterocycles. The van der Waals surface area contributed by atoms with Gasteiger partial charge in [-0.05, 0) is 11.6 Å². The number of hydrogen-bond acceptors (Lipinski definition) is 3. The molecular weight excluding hydrogens is 263 g/mol. The lowest BCUT2D eigenvalue weighted by atomic mass is 10.2. The lowest BCUT2D eigenvalue weighted by molar-refractivity contribution is -0.143. The smallest absolute Gasteiger partial charge is 0.309 e. The molecule has 2 nitrogen and oxygen atoms in total. The largest absolute Gasteiger partial charge is 0.469 e. The van der Waals surface area contributed by atoms with E-state index in [9.17, 15) is 9.18 Å². The monoisotopic (exact) mass is 276 g/mol. The van der Waals surface area contributed by atoms with E-state index in [-0.39, 0.29) is 16.9 Å². The van der Waals surface area contributed by atoms with Crippen molar-refractivity contribution in [3.63, 3.8) is 0 Å². The molecule has 0 aliphatic heterocycles. The number of carbonyl (C=O) groups is 1. The van der Waals surface area contributed by atoms with E-state index < -0.39 is 5.82 Å². The Bertz CT molecular complexity index is 398. The summed E-state index contributed by atoms with van der Waals surface area (Å²) in [5.74, 6) is 0.392. The summed E-state index contributed by atoms with van der Waals surface area (Å²) in [6.45, 7) is 1.80.